The van der Waals surface area contributed by atoms with E-state index in [4.69, 9.17) is 11.6 Å². The molecule has 0 aliphatic rings. The molecule has 1 rings (SSSR count). The molecule has 1 aromatic rings. The Kier molecular flexibility index (Phi) is 5.63. The van der Waals surface area contributed by atoms with E-state index in [9.17, 15) is 8.42 Å². The topological polar surface area (TPSA) is 46.2 Å². The van der Waals surface area contributed by atoms with Crippen LogP contribution in [0.2, 0.25) is 0 Å². The van der Waals surface area contributed by atoms with Gasteiger partial charge in [0.05, 0.1) is 5.75 Å². The first kappa shape index (κ1) is 15.5. The molecule has 0 fully saturated rings. The Morgan fingerprint density at radius 2 is 1.89 bits per heavy atom. The van der Waals surface area contributed by atoms with Gasteiger partial charge in [0.1, 0.15) is 0 Å². The van der Waals surface area contributed by atoms with Crippen molar-refractivity contribution in [1.82, 2.24) is 4.72 Å². The van der Waals surface area contributed by atoms with E-state index in [0.29, 0.717) is 5.88 Å². The average Bonchev–Trinajstić information content (AvgIpc) is 2.27. The number of halogens is 1. The van der Waals surface area contributed by atoms with Crippen molar-refractivity contribution in [3.63, 3.8) is 0 Å². The number of alkyl halides is 1. The molecule has 0 amide bonds. The van der Waals surface area contributed by atoms with Gasteiger partial charge in [-0.25, -0.2) is 13.1 Å². The molecule has 18 heavy (non-hydrogen) atoms. The Morgan fingerprint density at radius 1 is 1.28 bits per heavy atom. The lowest BCUT2D eigenvalue weighted by Gasteiger charge is -2.18. The standard InChI is InChI=1S/C13H20ClNO2S/c1-10(8-14)9-18(16,17)15-12(3)13-7-5-4-6-11(13)2/h4-7,10,12,15H,8-9H2,1-3H3. The van der Waals surface area contributed by atoms with E-state index in [0.717, 1.165) is 11.1 Å². The zero-order valence-corrected chi connectivity index (χ0v) is 12.6. The van der Waals surface area contributed by atoms with Gasteiger partial charge in [0.15, 0.2) is 0 Å². The lowest BCUT2D eigenvalue weighted by atomic mass is 10.0. The van der Waals surface area contributed by atoms with Gasteiger partial charge in [-0.3, -0.25) is 0 Å². The number of rotatable bonds is 6. The highest BCUT2D eigenvalue weighted by Crippen LogP contribution is 2.18. The van der Waals surface area contributed by atoms with Crippen molar-refractivity contribution < 1.29 is 8.42 Å². The maximum atomic E-state index is 11.9. The van der Waals surface area contributed by atoms with Crippen LogP contribution in [0, 0.1) is 12.8 Å². The Bertz CT molecular complexity index is 488. The summed E-state index contributed by atoms with van der Waals surface area (Å²) in [6.45, 7) is 5.65. The van der Waals surface area contributed by atoms with Crippen molar-refractivity contribution in [3.05, 3.63) is 35.4 Å². The summed E-state index contributed by atoms with van der Waals surface area (Å²) in [6, 6.07) is 7.54. The first-order valence-corrected chi connectivity index (χ1v) is 8.16. The monoisotopic (exact) mass is 289 g/mol. The minimum atomic E-state index is -3.29. The van der Waals surface area contributed by atoms with Crippen LogP contribution in [-0.4, -0.2) is 20.1 Å². The van der Waals surface area contributed by atoms with E-state index in [-0.39, 0.29) is 17.7 Å². The summed E-state index contributed by atoms with van der Waals surface area (Å²) in [4.78, 5) is 0. The van der Waals surface area contributed by atoms with Gasteiger partial charge in [0.25, 0.3) is 0 Å². The zero-order chi connectivity index (χ0) is 13.8. The molecule has 3 nitrogen and oxygen atoms in total. The maximum Gasteiger partial charge on any atom is 0.212 e. The van der Waals surface area contributed by atoms with Gasteiger partial charge in [0, 0.05) is 11.9 Å². The van der Waals surface area contributed by atoms with Gasteiger partial charge in [-0.1, -0.05) is 31.2 Å². The molecule has 0 spiro atoms. The number of benzene rings is 1. The predicted octanol–water partition coefficient (Wildman–Crippen LogP) is 2.85. The Hall–Kier alpha value is -0.580. The molecule has 0 aliphatic carbocycles. The third-order valence-electron chi connectivity index (χ3n) is 2.78. The van der Waals surface area contributed by atoms with Gasteiger partial charge in [0.2, 0.25) is 10.0 Å². The van der Waals surface area contributed by atoms with E-state index < -0.39 is 10.0 Å². The summed E-state index contributed by atoms with van der Waals surface area (Å²) in [5.41, 5.74) is 2.08. The minimum absolute atomic E-state index is 0.0479. The van der Waals surface area contributed by atoms with Crippen molar-refractivity contribution in [1.29, 1.82) is 0 Å². The molecule has 0 aliphatic heterocycles. The first-order chi connectivity index (χ1) is 8.35. The molecular formula is C13H20ClNO2S. The van der Waals surface area contributed by atoms with Gasteiger partial charge in [-0.2, -0.15) is 0 Å². The van der Waals surface area contributed by atoms with Gasteiger partial charge >= 0.3 is 0 Å². The number of sulfonamides is 1. The van der Waals surface area contributed by atoms with E-state index in [2.05, 4.69) is 4.72 Å². The Balaban J connectivity index is 2.76. The molecule has 1 aromatic carbocycles. The van der Waals surface area contributed by atoms with Crippen molar-refractivity contribution in [2.75, 3.05) is 11.6 Å². The summed E-state index contributed by atoms with van der Waals surface area (Å²) in [6.07, 6.45) is 0. The number of aryl methyl sites for hydroxylation is 1. The highest BCUT2D eigenvalue weighted by atomic mass is 35.5. The van der Waals surface area contributed by atoms with Crippen LogP contribution in [0.1, 0.15) is 31.0 Å². The molecule has 2 atom stereocenters. The lowest BCUT2D eigenvalue weighted by Crippen LogP contribution is -2.32. The largest absolute Gasteiger partial charge is 0.212 e. The van der Waals surface area contributed by atoms with E-state index in [1.54, 1.807) is 0 Å². The fourth-order valence-corrected chi connectivity index (χ4v) is 3.74. The van der Waals surface area contributed by atoms with E-state index >= 15 is 0 Å². The number of hydrogen-bond acceptors (Lipinski definition) is 2. The molecule has 0 aromatic heterocycles. The van der Waals surface area contributed by atoms with Crippen LogP contribution in [0.4, 0.5) is 0 Å². The smallest absolute Gasteiger partial charge is 0.212 e. The number of nitrogens with one attached hydrogen (secondary N) is 1. The summed E-state index contributed by atoms with van der Waals surface area (Å²) in [5.74, 6) is 0.361. The summed E-state index contributed by atoms with van der Waals surface area (Å²) < 4.78 is 26.5. The van der Waals surface area contributed by atoms with E-state index in [1.807, 2.05) is 45.0 Å². The summed E-state index contributed by atoms with van der Waals surface area (Å²) in [7, 11) is -3.29. The van der Waals surface area contributed by atoms with Crippen LogP contribution in [0.25, 0.3) is 0 Å². The molecule has 0 radical (unpaired) electrons. The quantitative estimate of drug-likeness (QED) is 0.819. The molecule has 0 heterocycles. The van der Waals surface area contributed by atoms with Crippen LogP contribution in [0.3, 0.4) is 0 Å². The van der Waals surface area contributed by atoms with Crippen molar-refractivity contribution in [2.45, 2.75) is 26.8 Å². The van der Waals surface area contributed by atoms with Gasteiger partial charge in [-0.15, -0.1) is 11.6 Å². The second kappa shape index (κ2) is 6.55. The van der Waals surface area contributed by atoms with Crippen LogP contribution >= 0.6 is 11.6 Å². The van der Waals surface area contributed by atoms with Crippen LogP contribution in [0.5, 0.6) is 0 Å². The first-order valence-electron chi connectivity index (χ1n) is 5.97. The van der Waals surface area contributed by atoms with Gasteiger partial charge < -0.3 is 0 Å². The summed E-state index contributed by atoms with van der Waals surface area (Å²) >= 11 is 5.64. The summed E-state index contributed by atoms with van der Waals surface area (Å²) in [5, 5.41) is 0. The van der Waals surface area contributed by atoms with Crippen LogP contribution in [-0.2, 0) is 10.0 Å². The fraction of sp³-hybridized carbons (Fsp3) is 0.538. The second-order valence-electron chi connectivity index (χ2n) is 4.74. The highest BCUT2D eigenvalue weighted by molar-refractivity contribution is 7.89. The molecule has 0 saturated carbocycles. The molecule has 0 saturated heterocycles. The molecule has 1 N–H and O–H groups in total. The second-order valence-corrected chi connectivity index (χ2v) is 6.84. The van der Waals surface area contributed by atoms with E-state index in [1.165, 1.54) is 0 Å². The Morgan fingerprint density at radius 3 is 2.44 bits per heavy atom. The SMILES string of the molecule is Cc1ccccc1C(C)NS(=O)(=O)CC(C)CCl. The highest BCUT2D eigenvalue weighted by Gasteiger charge is 2.19. The zero-order valence-electron chi connectivity index (χ0n) is 11.0. The van der Waals surface area contributed by atoms with Gasteiger partial charge in [-0.05, 0) is 30.9 Å². The van der Waals surface area contributed by atoms with Crippen LogP contribution in [0.15, 0.2) is 24.3 Å². The molecule has 2 unspecified atom stereocenters. The third-order valence-corrected chi connectivity index (χ3v) is 5.03. The normalized spacial score (nSPS) is 15.3. The number of hydrogen-bond donors (Lipinski definition) is 1. The third kappa shape index (κ3) is 4.59. The predicted molar refractivity (Wildman–Crippen MR) is 76.4 cm³/mol. The van der Waals surface area contributed by atoms with Crippen LogP contribution < -0.4 is 4.72 Å². The Labute approximate surface area is 115 Å². The molecule has 5 heteroatoms. The van der Waals surface area contributed by atoms with Crippen molar-refractivity contribution in [2.24, 2.45) is 5.92 Å². The fourth-order valence-electron chi connectivity index (χ4n) is 1.87. The average molecular weight is 290 g/mol. The van der Waals surface area contributed by atoms with Crippen molar-refractivity contribution in [3.8, 4) is 0 Å². The molecular weight excluding hydrogens is 270 g/mol. The van der Waals surface area contributed by atoms with Crippen molar-refractivity contribution >= 4 is 21.6 Å². The molecule has 0 bridgehead atoms. The lowest BCUT2D eigenvalue weighted by molar-refractivity contribution is 0.555. The maximum absolute atomic E-state index is 11.9. The molecule has 102 valence electrons. The minimum Gasteiger partial charge on any atom is -0.212 e.